The first-order valence-corrected chi connectivity index (χ1v) is 15.4. The van der Waals surface area contributed by atoms with E-state index in [1.54, 1.807) is 0 Å². The van der Waals surface area contributed by atoms with Gasteiger partial charge in [0.25, 0.3) is 0 Å². The summed E-state index contributed by atoms with van der Waals surface area (Å²) in [4.78, 5) is 0. The monoisotopic (exact) mass is 572 g/mol. The molecule has 0 spiro atoms. The zero-order valence-electron chi connectivity index (χ0n) is 24.6. The molecule has 9 rings (SSSR count). The lowest BCUT2D eigenvalue weighted by Gasteiger charge is -2.20. The summed E-state index contributed by atoms with van der Waals surface area (Å²) in [5, 5.41) is 7.17. The molecule has 0 aliphatic rings. The third-order valence-corrected chi connectivity index (χ3v) is 9.09. The van der Waals surface area contributed by atoms with Gasteiger partial charge in [-0.2, -0.15) is 0 Å². The van der Waals surface area contributed by atoms with Gasteiger partial charge >= 0.3 is 0 Å². The van der Waals surface area contributed by atoms with Crippen molar-refractivity contribution in [3.63, 3.8) is 0 Å². The molecule has 0 fully saturated rings. The SMILES string of the molecule is c1ccc(-c2ccccc2-c2c3ccccc3c(-c3ccc(-c4ccccc4)c4c3oc3ccccc34)c3ccccc23)cc1. The minimum absolute atomic E-state index is 0.902. The molecule has 0 amide bonds. The maximum absolute atomic E-state index is 6.79. The largest absolute Gasteiger partial charge is 0.455 e. The summed E-state index contributed by atoms with van der Waals surface area (Å²) >= 11 is 0. The summed E-state index contributed by atoms with van der Waals surface area (Å²) in [5.74, 6) is 0. The number of fused-ring (bicyclic) bond motifs is 5. The minimum atomic E-state index is 0.902. The fourth-order valence-corrected chi connectivity index (χ4v) is 7.16. The van der Waals surface area contributed by atoms with Gasteiger partial charge in [-0.1, -0.05) is 158 Å². The highest BCUT2D eigenvalue weighted by atomic mass is 16.3. The Labute approximate surface area is 261 Å². The van der Waals surface area contributed by atoms with E-state index in [-0.39, 0.29) is 0 Å². The van der Waals surface area contributed by atoms with E-state index >= 15 is 0 Å². The van der Waals surface area contributed by atoms with E-state index in [4.69, 9.17) is 4.42 Å². The number of hydrogen-bond donors (Lipinski definition) is 0. The van der Waals surface area contributed by atoms with Gasteiger partial charge in [0.1, 0.15) is 11.2 Å². The van der Waals surface area contributed by atoms with Crippen LogP contribution < -0.4 is 0 Å². The van der Waals surface area contributed by atoms with Crippen LogP contribution in [-0.4, -0.2) is 0 Å². The molecule has 1 nitrogen and oxygen atoms in total. The Morgan fingerprint density at radius 1 is 0.289 bits per heavy atom. The van der Waals surface area contributed by atoms with Crippen molar-refractivity contribution in [2.75, 3.05) is 0 Å². The molecule has 1 heterocycles. The molecule has 210 valence electrons. The summed E-state index contributed by atoms with van der Waals surface area (Å²) in [7, 11) is 0. The van der Waals surface area contributed by atoms with Gasteiger partial charge in [0.2, 0.25) is 0 Å². The van der Waals surface area contributed by atoms with Crippen LogP contribution in [-0.2, 0) is 0 Å². The molecule has 1 aromatic heterocycles. The molecule has 0 saturated carbocycles. The Balaban J connectivity index is 1.42. The maximum atomic E-state index is 6.79. The van der Waals surface area contributed by atoms with Gasteiger partial charge in [-0.15, -0.1) is 0 Å². The number of hydrogen-bond acceptors (Lipinski definition) is 1. The van der Waals surface area contributed by atoms with Gasteiger partial charge < -0.3 is 4.42 Å². The lowest BCUT2D eigenvalue weighted by molar-refractivity contribution is 0.670. The highest BCUT2D eigenvalue weighted by Gasteiger charge is 2.23. The minimum Gasteiger partial charge on any atom is -0.455 e. The molecule has 0 aliphatic heterocycles. The van der Waals surface area contributed by atoms with Crippen LogP contribution >= 0.6 is 0 Å². The average molecular weight is 573 g/mol. The third kappa shape index (κ3) is 4.02. The van der Waals surface area contributed by atoms with Crippen LogP contribution in [0.15, 0.2) is 174 Å². The standard InChI is InChI=1S/C44H28O/c1-3-15-29(16-4-1)31-19-7-8-20-33(31)41-34-21-9-11-23-36(34)42(37-24-12-10-22-35(37)41)39-28-27-32(30-17-5-2-6-18-30)43-38-25-13-14-26-40(38)45-44(39)43/h1-28H. The molecule has 0 atom stereocenters. The molecule has 0 bridgehead atoms. The van der Waals surface area contributed by atoms with Gasteiger partial charge in [-0.3, -0.25) is 0 Å². The molecular weight excluding hydrogens is 544 g/mol. The van der Waals surface area contributed by atoms with Gasteiger partial charge in [0.05, 0.1) is 0 Å². The van der Waals surface area contributed by atoms with E-state index in [0.717, 1.165) is 27.5 Å². The van der Waals surface area contributed by atoms with Crippen LogP contribution in [0.4, 0.5) is 0 Å². The van der Waals surface area contributed by atoms with Crippen LogP contribution in [0.25, 0.3) is 88.0 Å². The first kappa shape index (κ1) is 25.6. The molecule has 0 radical (unpaired) electrons. The Hall–Kier alpha value is -5.92. The Morgan fingerprint density at radius 3 is 1.31 bits per heavy atom. The van der Waals surface area contributed by atoms with E-state index in [0.29, 0.717) is 0 Å². The van der Waals surface area contributed by atoms with Crippen molar-refractivity contribution in [2.24, 2.45) is 0 Å². The van der Waals surface area contributed by atoms with Crippen LogP contribution in [0, 0.1) is 0 Å². The van der Waals surface area contributed by atoms with E-state index in [2.05, 4.69) is 170 Å². The number of para-hydroxylation sites is 1. The van der Waals surface area contributed by atoms with Gasteiger partial charge in [0, 0.05) is 21.9 Å². The quantitative estimate of drug-likeness (QED) is 0.191. The predicted molar refractivity (Wildman–Crippen MR) is 190 cm³/mol. The van der Waals surface area contributed by atoms with Gasteiger partial charge in [0.15, 0.2) is 0 Å². The first-order valence-electron chi connectivity index (χ1n) is 15.4. The van der Waals surface area contributed by atoms with Crippen molar-refractivity contribution in [1.29, 1.82) is 0 Å². The summed E-state index contributed by atoms with van der Waals surface area (Å²) in [6.45, 7) is 0. The Kier molecular flexibility index (Phi) is 5.89. The number of benzene rings is 8. The fraction of sp³-hybridized carbons (Fsp3) is 0. The van der Waals surface area contributed by atoms with E-state index in [1.165, 1.54) is 60.5 Å². The second-order valence-corrected chi connectivity index (χ2v) is 11.6. The fourth-order valence-electron chi connectivity index (χ4n) is 7.16. The van der Waals surface area contributed by atoms with Crippen LogP contribution in [0.2, 0.25) is 0 Å². The van der Waals surface area contributed by atoms with Crippen molar-refractivity contribution in [2.45, 2.75) is 0 Å². The van der Waals surface area contributed by atoms with Crippen molar-refractivity contribution in [3.8, 4) is 44.5 Å². The van der Waals surface area contributed by atoms with E-state index in [1.807, 2.05) is 0 Å². The average Bonchev–Trinajstić information content (AvgIpc) is 3.51. The first-order chi connectivity index (χ1) is 22.4. The highest BCUT2D eigenvalue weighted by molar-refractivity contribution is 6.26. The molecular formula is C44H28O. The van der Waals surface area contributed by atoms with Crippen LogP contribution in [0.3, 0.4) is 0 Å². The molecule has 0 aliphatic carbocycles. The third-order valence-electron chi connectivity index (χ3n) is 9.09. The molecule has 1 heteroatoms. The summed E-state index contributed by atoms with van der Waals surface area (Å²) in [6.07, 6.45) is 0. The van der Waals surface area contributed by atoms with Crippen molar-refractivity contribution >= 4 is 43.5 Å². The number of furan rings is 1. The summed E-state index contributed by atoms with van der Waals surface area (Å²) < 4.78 is 6.79. The Bertz CT molecular complexity index is 2460. The van der Waals surface area contributed by atoms with Gasteiger partial charge in [-0.25, -0.2) is 0 Å². The van der Waals surface area contributed by atoms with Crippen molar-refractivity contribution in [1.82, 2.24) is 0 Å². The second-order valence-electron chi connectivity index (χ2n) is 11.6. The molecule has 0 saturated heterocycles. The zero-order valence-corrected chi connectivity index (χ0v) is 24.6. The molecule has 0 N–H and O–H groups in total. The molecule has 0 unspecified atom stereocenters. The molecule has 8 aromatic carbocycles. The van der Waals surface area contributed by atoms with Crippen LogP contribution in [0.1, 0.15) is 0 Å². The molecule has 45 heavy (non-hydrogen) atoms. The van der Waals surface area contributed by atoms with Crippen LogP contribution in [0.5, 0.6) is 0 Å². The lowest BCUT2D eigenvalue weighted by atomic mass is 9.83. The topological polar surface area (TPSA) is 13.1 Å². The zero-order chi connectivity index (χ0) is 29.7. The Morgan fingerprint density at radius 2 is 0.711 bits per heavy atom. The second kappa shape index (κ2) is 10.4. The number of rotatable bonds is 4. The smallest absolute Gasteiger partial charge is 0.143 e. The summed E-state index contributed by atoms with van der Waals surface area (Å²) in [6, 6.07) is 60.8. The molecule has 9 aromatic rings. The maximum Gasteiger partial charge on any atom is 0.143 e. The normalized spacial score (nSPS) is 11.6. The van der Waals surface area contributed by atoms with E-state index in [9.17, 15) is 0 Å². The van der Waals surface area contributed by atoms with E-state index < -0.39 is 0 Å². The predicted octanol–water partition coefficient (Wildman–Crippen LogP) is 12.6. The van der Waals surface area contributed by atoms with Crippen molar-refractivity contribution in [3.05, 3.63) is 170 Å². The highest BCUT2D eigenvalue weighted by Crippen LogP contribution is 2.49. The van der Waals surface area contributed by atoms with Gasteiger partial charge in [-0.05, 0) is 67.1 Å². The summed E-state index contributed by atoms with van der Waals surface area (Å²) in [5.41, 5.74) is 11.4. The lowest BCUT2D eigenvalue weighted by Crippen LogP contribution is -1.93. The van der Waals surface area contributed by atoms with Crippen molar-refractivity contribution < 1.29 is 4.42 Å².